The van der Waals surface area contributed by atoms with E-state index in [0.717, 1.165) is 16.9 Å². The van der Waals surface area contributed by atoms with E-state index in [4.69, 9.17) is 4.74 Å². The summed E-state index contributed by atoms with van der Waals surface area (Å²) in [5, 5.41) is 4.44. The van der Waals surface area contributed by atoms with Crippen molar-refractivity contribution in [3.8, 4) is 0 Å². The van der Waals surface area contributed by atoms with Crippen molar-refractivity contribution >= 4 is 33.2 Å². The third-order valence-electron chi connectivity index (χ3n) is 4.25. The van der Waals surface area contributed by atoms with Gasteiger partial charge in [0, 0.05) is 26.6 Å². The second kappa shape index (κ2) is 11.1. The molecule has 0 fully saturated rings. The van der Waals surface area contributed by atoms with Crippen molar-refractivity contribution < 1.29 is 22.7 Å². The summed E-state index contributed by atoms with van der Waals surface area (Å²) in [5.41, 5.74) is 1.11. The van der Waals surface area contributed by atoms with Crippen LogP contribution in [0.1, 0.15) is 25.3 Å². The molecular formula is C20H26N2O5S2. The molecule has 0 aliphatic heterocycles. The largest absolute Gasteiger partial charge is 0.453 e. The molecule has 0 radical (unpaired) electrons. The Morgan fingerprint density at radius 2 is 1.90 bits per heavy atom. The first-order valence-corrected chi connectivity index (χ1v) is 11.6. The maximum Gasteiger partial charge on any atom is 0.306 e. The van der Waals surface area contributed by atoms with Crippen molar-refractivity contribution in [2.24, 2.45) is 0 Å². The maximum absolute atomic E-state index is 12.3. The third-order valence-corrected chi connectivity index (χ3v) is 7.48. The number of esters is 1. The van der Waals surface area contributed by atoms with Gasteiger partial charge in [0.05, 0.1) is 0 Å². The number of sulfonamides is 1. The third kappa shape index (κ3) is 7.26. The number of rotatable bonds is 11. The molecule has 1 heterocycles. The molecule has 1 N–H and O–H groups in total. The fourth-order valence-electron chi connectivity index (χ4n) is 2.56. The molecule has 29 heavy (non-hydrogen) atoms. The van der Waals surface area contributed by atoms with E-state index in [1.807, 2.05) is 30.3 Å². The summed E-state index contributed by atoms with van der Waals surface area (Å²) in [6.45, 7) is 2.16. The fourth-order valence-corrected chi connectivity index (χ4v) is 4.97. The molecular weight excluding hydrogens is 412 g/mol. The van der Waals surface area contributed by atoms with E-state index < -0.39 is 22.1 Å². The van der Waals surface area contributed by atoms with Crippen LogP contribution in [-0.2, 0) is 30.8 Å². The minimum absolute atomic E-state index is 0.0337. The first-order chi connectivity index (χ1) is 13.8. The molecule has 1 atom stereocenters. The second-order valence-electron chi connectivity index (χ2n) is 6.52. The zero-order valence-corrected chi connectivity index (χ0v) is 18.2. The number of nitrogens with zero attached hydrogens (tertiary/aromatic N) is 1. The molecule has 0 bridgehead atoms. The number of thiophene rings is 1. The van der Waals surface area contributed by atoms with Gasteiger partial charge in [0.25, 0.3) is 15.9 Å². The molecule has 0 aliphatic rings. The highest BCUT2D eigenvalue weighted by molar-refractivity contribution is 7.91. The Morgan fingerprint density at radius 3 is 2.55 bits per heavy atom. The first kappa shape index (κ1) is 23.1. The molecule has 1 unspecified atom stereocenters. The van der Waals surface area contributed by atoms with E-state index in [-0.39, 0.29) is 23.1 Å². The van der Waals surface area contributed by atoms with Gasteiger partial charge in [-0.2, -0.15) is 0 Å². The summed E-state index contributed by atoms with van der Waals surface area (Å²) in [6, 6.07) is 13.0. The van der Waals surface area contributed by atoms with Crippen molar-refractivity contribution in [3.05, 3.63) is 53.4 Å². The summed E-state index contributed by atoms with van der Waals surface area (Å²) in [7, 11) is -2.05. The van der Waals surface area contributed by atoms with Crippen molar-refractivity contribution in [3.63, 3.8) is 0 Å². The van der Waals surface area contributed by atoms with E-state index >= 15 is 0 Å². The molecule has 2 rings (SSSR count). The summed E-state index contributed by atoms with van der Waals surface area (Å²) in [5.74, 6) is -0.885. The van der Waals surface area contributed by atoms with Crippen LogP contribution in [0.25, 0.3) is 0 Å². The van der Waals surface area contributed by atoms with Crippen LogP contribution in [0.2, 0.25) is 0 Å². The predicted molar refractivity (Wildman–Crippen MR) is 112 cm³/mol. The smallest absolute Gasteiger partial charge is 0.306 e. The van der Waals surface area contributed by atoms with Gasteiger partial charge >= 0.3 is 5.97 Å². The fraction of sp³-hybridized carbons (Fsp3) is 0.400. The molecule has 0 saturated heterocycles. The maximum atomic E-state index is 12.3. The van der Waals surface area contributed by atoms with Crippen LogP contribution < -0.4 is 5.32 Å². The molecule has 0 saturated carbocycles. The van der Waals surface area contributed by atoms with E-state index in [9.17, 15) is 18.0 Å². The molecule has 1 aromatic heterocycles. The lowest BCUT2D eigenvalue weighted by Gasteiger charge is -2.16. The lowest BCUT2D eigenvalue weighted by atomic mass is 10.1. The Labute approximate surface area is 175 Å². The van der Waals surface area contributed by atoms with Gasteiger partial charge in [-0.05, 0) is 36.8 Å². The van der Waals surface area contributed by atoms with Crippen LogP contribution in [0.5, 0.6) is 0 Å². The monoisotopic (exact) mass is 438 g/mol. The van der Waals surface area contributed by atoms with Gasteiger partial charge in [-0.1, -0.05) is 36.4 Å². The molecule has 0 aliphatic carbocycles. The van der Waals surface area contributed by atoms with E-state index in [0.29, 0.717) is 19.4 Å². The number of hydrogen-bond donors (Lipinski definition) is 1. The normalized spacial score (nSPS) is 12.5. The number of ether oxygens (including phenoxy) is 1. The highest BCUT2D eigenvalue weighted by Gasteiger charge is 2.22. The van der Waals surface area contributed by atoms with Crippen LogP contribution in [0, 0.1) is 0 Å². The number of nitrogens with one attached hydrogen (secondary N) is 1. The summed E-state index contributed by atoms with van der Waals surface area (Å²) >= 11 is 1.15. The Morgan fingerprint density at radius 1 is 1.17 bits per heavy atom. The minimum atomic E-state index is -3.53. The van der Waals surface area contributed by atoms with Crippen molar-refractivity contribution in [1.82, 2.24) is 9.62 Å². The van der Waals surface area contributed by atoms with Crippen LogP contribution >= 0.6 is 11.3 Å². The Bertz CT molecular complexity index is 883. The van der Waals surface area contributed by atoms with Crippen LogP contribution in [-0.4, -0.2) is 50.8 Å². The summed E-state index contributed by atoms with van der Waals surface area (Å²) < 4.78 is 31.2. The van der Waals surface area contributed by atoms with Gasteiger partial charge in [0.15, 0.2) is 6.10 Å². The molecule has 158 valence electrons. The zero-order valence-electron chi connectivity index (χ0n) is 16.5. The summed E-state index contributed by atoms with van der Waals surface area (Å²) in [4.78, 5) is 24.0. The number of carbonyl (C=O) groups is 2. The number of benzene rings is 1. The molecule has 0 spiro atoms. The summed E-state index contributed by atoms with van der Waals surface area (Å²) in [6.07, 6.45) is 0.137. The van der Waals surface area contributed by atoms with Gasteiger partial charge in [-0.25, -0.2) is 12.7 Å². The Hall–Kier alpha value is -2.23. The van der Waals surface area contributed by atoms with Crippen LogP contribution in [0.3, 0.4) is 0 Å². The minimum Gasteiger partial charge on any atom is -0.453 e. The molecule has 7 nitrogen and oxygen atoms in total. The topological polar surface area (TPSA) is 92.8 Å². The van der Waals surface area contributed by atoms with Crippen LogP contribution in [0.15, 0.2) is 52.1 Å². The average molecular weight is 439 g/mol. The van der Waals surface area contributed by atoms with Gasteiger partial charge in [0.1, 0.15) is 4.21 Å². The molecule has 1 amide bonds. The van der Waals surface area contributed by atoms with Crippen molar-refractivity contribution in [2.45, 2.75) is 36.5 Å². The average Bonchev–Trinajstić information content (AvgIpc) is 3.24. The van der Waals surface area contributed by atoms with E-state index in [1.54, 1.807) is 17.5 Å². The SMILES string of the molecule is CC(OC(=O)CCCN(C)S(=O)(=O)c1cccs1)C(=O)NCCc1ccccc1. The molecule has 1 aromatic carbocycles. The number of hydrogen-bond acceptors (Lipinski definition) is 6. The Balaban J connectivity index is 1.66. The second-order valence-corrected chi connectivity index (χ2v) is 9.74. The van der Waals surface area contributed by atoms with Gasteiger partial charge < -0.3 is 10.1 Å². The first-order valence-electron chi connectivity index (χ1n) is 9.31. The van der Waals surface area contributed by atoms with Gasteiger partial charge in [-0.15, -0.1) is 11.3 Å². The predicted octanol–water partition coefficient (Wildman–Crippen LogP) is 2.44. The lowest BCUT2D eigenvalue weighted by molar-refractivity contribution is -0.154. The number of carbonyl (C=O) groups excluding carboxylic acids is 2. The molecule has 9 heteroatoms. The lowest BCUT2D eigenvalue weighted by Crippen LogP contribution is -2.37. The van der Waals surface area contributed by atoms with E-state index in [2.05, 4.69) is 5.32 Å². The highest BCUT2D eigenvalue weighted by Crippen LogP contribution is 2.20. The standard InChI is InChI=1S/C20H26N2O5S2/c1-16(20(24)21-13-12-17-8-4-3-5-9-17)27-18(23)10-6-14-22(2)29(25,26)19-11-7-15-28-19/h3-5,7-9,11,15-16H,6,10,12-14H2,1-2H3,(H,21,24). The quantitative estimate of drug-likeness (QED) is 0.544. The van der Waals surface area contributed by atoms with Crippen molar-refractivity contribution in [1.29, 1.82) is 0 Å². The zero-order chi connectivity index (χ0) is 21.3. The molecule has 2 aromatic rings. The van der Waals surface area contributed by atoms with Gasteiger partial charge in [0.2, 0.25) is 0 Å². The van der Waals surface area contributed by atoms with Gasteiger partial charge in [-0.3, -0.25) is 9.59 Å². The Kier molecular flexibility index (Phi) is 8.81. The van der Waals surface area contributed by atoms with Crippen LogP contribution in [0.4, 0.5) is 0 Å². The highest BCUT2D eigenvalue weighted by atomic mass is 32.2. The van der Waals surface area contributed by atoms with E-state index in [1.165, 1.54) is 18.3 Å². The number of amides is 1. The van der Waals surface area contributed by atoms with Crippen molar-refractivity contribution in [2.75, 3.05) is 20.1 Å².